The number of thiophene rings is 1. The van der Waals surface area contributed by atoms with Gasteiger partial charge in [-0.2, -0.15) is 0 Å². The van der Waals surface area contributed by atoms with E-state index in [1.54, 1.807) is 5.38 Å². The van der Waals surface area contributed by atoms with Gasteiger partial charge in [0.15, 0.2) is 0 Å². The highest BCUT2D eigenvalue weighted by Gasteiger charge is 2.14. The molecule has 2 aromatic heterocycles. The summed E-state index contributed by atoms with van der Waals surface area (Å²) in [5.41, 5.74) is 1.94. The summed E-state index contributed by atoms with van der Waals surface area (Å²) in [5.74, 6) is 0.352. The van der Waals surface area contributed by atoms with Crippen LogP contribution in [-0.4, -0.2) is 27.9 Å². The first-order valence-electron chi connectivity index (χ1n) is 6.09. The number of hydrogen-bond acceptors (Lipinski definition) is 6. The lowest BCUT2D eigenvalue weighted by atomic mass is 10.2. The van der Waals surface area contributed by atoms with Gasteiger partial charge in [-0.1, -0.05) is 5.16 Å². The van der Waals surface area contributed by atoms with E-state index in [9.17, 15) is 9.59 Å². The number of anilines is 1. The van der Waals surface area contributed by atoms with Gasteiger partial charge in [0.1, 0.15) is 10.8 Å². The van der Waals surface area contributed by atoms with Crippen LogP contribution < -0.4 is 5.32 Å². The molecule has 8 heteroatoms. The monoisotopic (exact) mass is 326 g/mol. The van der Waals surface area contributed by atoms with Crippen molar-refractivity contribution in [1.29, 1.82) is 0 Å². The van der Waals surface area contributed by atoms with E-state index in [4.69, 9.17) is 9.63 Å². The van der Waals surface area contributed by atoms with Gasteiger partial charge in [-0.25, -0.2) is 4.79 Å². The van der Waals surface area contributed by atoms with Crippen LogP contribution in [0, 0.1) is 13.8 Å². The summed E-state index contributed by atoms with van der Waals surface area (Å²) in [6, 6.07) is 1.47. The number of aryl methyl sites for hydroxylation is 2. The molecule has 0 spiro atoms. The van der Waals surface area contributed by atoms with Crippen LogP contribution in [0.4, 0.5) is 5.00 Å². The first kappa shape index (κ1) is 15.6. The van der Waals surface area contributed by atoms with Crippen molar-refractivity contribution in [2.24, 2.45) is 0 Å². The molecule has 0 unspecified atom stereocenters. The van der Waals surface area contributed by atoms with Crippen LogP contribution in [0.5, 0.6) is 0 Å². The maximum absolute atomic E-state index is 11.8. The van der Waals surface area contributed by atoms with Gasteiger partial charge in [-0.3, -0.25) is 4.79 Å². The summed E-state index contributed by atoms with van der Waals surface area (Å²) in [5, 5.41) is 17.4. The van der Waals surface area contributed by atoms with Gasteiger partial charge in [0.25, 0.3) is 0 Å². The van der Waals surface area contributed by atoms with Gasteiger partial charge in [0.2, 0.25) is 5.91 Å². The molecule has 6 nitrogen and oxygen atoms in total. The molecule has 2 rings (SSSR count). The number of nitrogens with zero attached hydrogens (tertiary/aromatic N) is 1. The Hall–Kier alpha value is -1.80. The molecule has 0 saturated heterocycles. The minimum atomic E-state index is -1.05. The minimum absolute atomic E-state index is 0.115. The predicted octanol–water partition coefficient (Wildman–Crippen LogP) is 2.92. The molecular weight excluding hydrogens is 312 g/mol. The third-order valence-corrected chi connectivity index (χ3v) is 4.60. The molecule has 112 valence electrons. The van der Waals surface area contributed by atoms with Gasteiger partial charge in [-0.05, 0) is 25.3 Å². The van der Waals surface area contributed by atoms with Crippen LogP contribution >= 0.6 is 23.1 Å². The number of rotatable bonds is 6. The number of carbonyl (C=O) groups is 2. The number of aromatic carboxylic acids is 1. The number of carboxylic acids is 1. The van der Waals surface area contributed by atoms with E-state index in [0.29, 0.717) is 10.8 Å². The molecular formula is C13H14N2O4S2. The van der Waals surface area contributed by atoms with Gasteiger partial charge in [0, 0.05) is 11.3 Å². The zero-order valence-electron chi connectivity index (χ0n) is 11.5. The molecule has 0 radical (unpaired) electrons. The fourth-order valence-electron chi connectivity index (χ4n) is 1.69. The average Bonchev–Trinajstić information content (AvgIpc) is 2.99. The van der Waals surface area contributed by atoms with Gasteiger partial charge in [-0.15, -0.1) is 23.1 Å². The highest BCUT2D eigenvalue weighted by molar-refractivity contribution is 7.99. The first-order valence-corrected chi connectivity index (χ1v) is 8.12. The minimum Gasteiger partial charge on any atom is -0.478 e. The summed E-state index contributed by atoms with van der Waals surface area (Å²) in [7, 11) is 0. The quantitative estimate of drug-likeness (QED) is 0.848. The molecule has 0 fully saturated rings. The van der Waals surface area contributed by atoms with Crippen LogP contribution in [0.3, 0.4) is 0 Å². The fraction of sp³-hybridized carbons (Fsp3) is 0.308. The molecule has 0 aliphatic carbocycles. The van der Waals surface area contributed by atoms with Crippen LogP contribution in [0.25, 0.3) is 0 Å². The number of aromatic nitrogens is 1. The molecule has 0 saturated carbocycles. The molecule has 2 N–H and O–H groups in total. The van der Waals surface area contributed by atoms with Crippen molar-refractivity contribution in [2.45, 2.75) is 19.6 Å². The van der Waals surface area contributed by atoms with E-state index < -0.39 is 5.97 Å². The Kier molecular flexibility index (Phi) is 5.03. The third kappa shape index (κ3) is 3.85. The van der Waals surface area contributed by atoms with Crippen LogP contribution in [0.2, 0.25) is 0 Å². The maximum Gasteiger partial charge on any atom is 0.338 e. The Morgan fingerprint density at radius 2 is 2.24 bits per heavy atom. The van der Waals surface area contributed by atoms with Gasteiger partial charge >= 0.3 is 5.97 Å². The molecule has 0 aromatic carbocycles. The fourth-order valence-corrected chi connectivity index (χ4v) is 3.46. The summed E-state index contributed by atoms with van der Waals surface area (Å²) in [4.78, 5) is 22.8. The van der Waals surface area contributed by atoms with Crippen LogP contribution in [0.15, 0.2) is 16.0 Å². The van der Waals surface area contributed by atoms with E-state index in [2.05, 4.69) is 10.5 Å². The Morgan fingerprint density at radius 1 is 1.48 bits per heavy atom. The van der Waals surface area contributed by atoms with Crippen LogP contribution in [-0.2, 0) is 10.5 Å². The first-order chi connectivity index (χ1) is 9.99. The topological polar surface area (TPSA) is 92.4 Å². The Labute approximate surface area is 129 Å². The molecule has 2 aromatic rings. The van der Waals surface area contributed by atoms with Crippen LogP contribution in [0.1, 0.15) is 27.4 Å². The lowest BCUT2D eigenvalue weighted by Gasteiger charge is -2.04. The number of amides is 1. The van der Waals surface area contributed by atoms with Crippen molar-refractivity contribution in [2.75, 3.05) is 11.1 Å². The Balaban J connectivity index is 1.85. The van der Waals surface area contributed by atoms with Crippen molar-refractivity contribution in [3.63, 3.8) is 0 Å². The van der Waals surface area contributed by atoms with E-state index in [1.807, 2.05) is 13.8 Å². The summed E-state index contributed by atoms with van der Waals surface area (Å²) in [6.07, 6.45) is 0. The molecule has 1 amide bonds. The maximum atomic E-state index is 11.8. The van der Waals surface area contributed by atoms with Gasteiger partial charge in [0.05, 0.1) is 17.0 Å². The van der Waals surface area contributed by atoms with Crippen molar-refractivity contribution in [3.05, 3.63) is 34.0 Å². The van der Waals surface area contributed by atoms with Crippen molar-refractivity contribution in [3.8, 4) is 0 Å². The molecule has 0 atom stereocenters. The second-order valence-corrected chi connectivity index (χ2v) is 6.21. The zero-order valence-corrected chi connectivity index (χ0v) is 13.1. The Bertz CT molecular complexity index is 643. The number of carbonyl (C=O) groups excluding carboxylic acids is 1. The van der Waals surface area contributed by atoms with E-state index in [0.717, 1.165) is 17.0 Å². The standard InChI is InChI=1S/C13H14N2O4S2/c1-7-10(8(2)19-15-7)5-20-6-11(16)14-12-9(13(17)18)3-4-21-12/h3-4H,5-6H2,1-2H3,(H,14,16)(H,17,18). The average molecular weight is 326 g/mol. The predicted molar refractivity (Wildman–Crippen MR) is 82.0 cm³/mol. The van der Waals surface area contributed by atoms with Crippen molar-refractivity contribution < 1.29 is 19.2 Å². The highest BCUT2D eigenvalue weighted by Crippen LogP contribution is 2.24. The molecule has 0 aliphatic rings. The van der Waals surface area contributed by atoms with E-state index in [-0.39, 0.29) is 17.2 Å². The van der Waals surface area contributed by atoms with E-state index in [1.165, 1.54) is 29.2 Å². The zero-order chi connectivity index (χ0) is 15.4. The van der Waals surface area contributed by atoms with Crippen molar-refractivity contribution >= 4 is 40.0 Å². The lowest BCUT2D eigenvalue weighted by Crippen LogP contribution is -2.15. The largest absolute Gasteiger partial charge is 0.478 e. The molecule has 21 heavy (non-hydrogen) atoms. The SMILES string of the molecule is Cc1noc(C)c1CSCC(=O)Nc1sccc1C(=O)O. The Morgan fingerprint density at radius 3 is 2.86 bits per heavy atom. The second kappa shape index (κ2) is 6.77. The summed E-state index contributed by atoms with van der Waals surface area (Å²) < 4.78 is 5.05. The summed E-state index contributed by atoms with van der Waals surface area (Å²) >= 11 is 2.62. The molecule has 2 heterocycles. The van der Waals surface area contributed by atoms with Gasteiger partial charge < -0.3 is 14.9 Å². The third-order valence-electron chi connectivity index (χ3n) is 2.81. The number of nitrogens with one attached hydrogen (secondary N) is 1. The van der Waals surface area contributed by atoms with E-state index >= 15 is 0 Å². The normalized spacial score (nSPS) is 10.6. The van der Waals surface area contributed by atoms with Crippen molar-refractivity contribution in [1.82, 2.24) is 5.16 Å². The summed E-state index contributed by atoms with van der Waals surface area (Å²) in [6.45, 7) is 3.69. The lowest BCUT2D eigenvalue weighted by molar-refractivity contribution is -0.113. The number of hydrogen-bond donors (Lipinski definition) is 2. The molecule has 0 bridgehead atoms. The molecule has 0 aliphatic heterocycles. The highest BCUT2D eigenvalue weighted by atomic mass is 32.2. The second-order valence-electron chi connectivity index (χ2n) is 4.31. The smallest absolute Gasteiger partial charge is 0.338 e. The number of carboxylic acid groups (broad SMARTS) is 1. The number of thioether (sulfide) groups is 1.